The molecular weight excluding hydrogens is 220 g/mol. The highest BCUT2D eigenvalue weighted by Crippen LogP contribution is 2.17. The number of carbonyl (C=O) groups is 1. The summed E-state index contributed by atoms with van der Waals surface area (Å²) >= 11 is 1.71. The number of hydrogen-bond acceptors (Lipinski definition) is 3. The van der Waals surface area contributed by atoms with Crippen LogP contribution < -0.4 is 11.1 Å². The standard InChI is InChI=1S/C12H20N2OS/c1-12(2,3)10(13)11(15)14-7-6-9-5-4-8-16-9/h4-5,8,10H,6-7,13H2,1-3H3,(H,14,15). The van der Waals surface area contributed by atoms with Gasteiger partial charge in [0.25, 0.3) is 0 Å². The molecule has 1 aromatic heterocycles. The summed E-state index contributed by atoms with van der Waals surface area (Å²) in [6.45, 7) is 6.56. The van der Waals surface area contributed by atoms with Crippen molar-refractivity contribution in [2.45, 2.75) is 33.2 Å². The first-order valence-corrected chi connectivity index (χ1v) is 6.35. The van der Waals surface area contributed by atoms with Crippen LogP contribution in [0.15, 0.2) is 17.5 Å². The maximum atomic E-state index is 11.7. The number of amides is 1. The zero-order valence-electron chi connectivity index (χ0n) is 10.1. The van der Waals surface area contributed by atoms with Gasteiger partial charge in [0.1, 0.15) is 0 Å². The van der Waals surface area contributed by atoms with Gasteiger partial charge in [-0.25, -0.2) is 0 Å². The Hall–Kier alpha value is -0.870. The molecule has 1 rings (SSSR count). The van der Waals surface area contributed by atoms with E-state index in [1.807, 2.05) is 32.2 Å². The summed E-state index contributed by atoms with van der Waals surface area (Å²) in [7, 11) is 0. The number of nitrogens with one attached hydrogen (secondary N) is 1. The third-order valence-corrected chi connectivity index (χ3v) is 3.40. The second-order valence-electron chi connectivity index (χ2n) is 4.96. The second kappa shape index (κ2) is 5.46. The van der Waals surface area contributed by atoms with Gasteiger partial charge in [-0.15, -0.1) is 11.3 Å². The van der Waals surface area contributed by atoms with Crippen LogP contribution in [-0.2, 0) is 11.2 Å². The Bertz CT molecular complexity index is 327. The first kappa shape index (κ1) is 13.2. The number of nitrogens with two attached hydrogens (primary N) is 1. The third-order valence-electron chi connectivity index (χ3n) is 2.47. The van der Waals surface area contributed by atoms with Crippen LogP contribution in [0.1, 0.15) is 25.6 Å². The van der Waals surface area contributed by atoms with Gasteiger partial charge < -0.3 is 11.1 Å². The lowest BCUT2D eigenvalue weighted by molar-refractivity contribution is -0.124. The van der Waals surface area contributed by atoms with E-state index in [0.717, 1.165) is 6.42 Å². The molecule has 0 aromatic carbocycles. The first-order chi connectivity index (χ1) is 7.41. The third kappa shape index (κ3) is 3.94. The highest BCUT2D eigenvalue weighted by molar-refractivity contribution is 7.09. The summed E-state index contributed by atoms with van der Waals surface area (Å²) in [4.78, 5) is 13.0. The van der Waals surface area contributed by atoms with Crippen molar-refractivity contribution in [3.63, 3.8) is 0 Å². The summed E-state index contributed by atoms with van der Waals surface area (Å²) in [5.74, 6) is -0.0657. The quantitative estimate of drug-likeness (QED) is 0.843. The second-order valence-corrected chi connectivity index (χ2v) is 6.00. The zero-order chi connectivity index (χ0) is 12.2. The summed E-state index contributed by atoms with van der Waals surface area (Å²) in [5, 5.41) is 4.91. The average molecular weight is 240 g/mol. The molecule has 0 saturated heterocycles. The van der Waals surface area contributed by atoms with Crippen LogP contribution in [0.25, 0.3) is 0 Å². The molecule has 0 bridgehead atoms. The zero-order valence-corrected chi connectivity index (χ0v) is 10.9. The first-order valence-electron chi connectivity index (χ1n) is 5.47. The van der Waals surface area contributed by atoms with Crippen molar-refractivity contribution in [2.75, 3.05) is 6.54 Å². The smallest absolute Gasteiger partial charge is 0.237 e. The highest BCUT2D eigenvalue weighted by Gasteiger charge is 2.26. The highest BCUT2D eigenvalue weighted by atomic mass is 32.1. The van der Waals surface area contributed by atoms with Crippen molar-refractivity contribution >= 4 is 17.2 Å². The van der Waals surface area contributed by atoms with Crippen LogP contribution in [0.2, 0.25) is 0 Å². The maximum Gasteiger partial charge on any atom is 0.237 e. The molecule has 4 heteroatoms. The Morgan fingerprint density at radius 3 is 2.75 bits per heavy atom. The SMILES string of the molecule is CC(C)(C)C(N)C(=O)NCCc1cccs1. The Kier molecular flexibility index (Phi) is 4.50. The van der Waals surface area contributed by atoms with Crippen LogP contribution in [0.5, 0.6) is 0 Å². The molecule has 0 fully saturated rings. The fourth-order valence-corrected chi connectivity index (χ4v) is 1.98. The lowest BCUT2D eigenvalue weighted by atomic mass is 9.87. The van der Waals surface area contributed by atoms with Crippen molar-refractivity contribution in [3.05, 3.63) is 22.4 Å². The van der Waals surface area contributed by atoms with Gasteiger partial charge >= 0.3 is 0 Å². The molecule has 0 spiro atoms. The van der Waals surface area contributed by atoms with Crippen molar-refractivity contribution in [1.82, 2.24) is 5.32 Å². The fraction of sp³-hybridized carbons (Fsp3) is 0.583. The van der Waals surface area contributed by atoms with Gasteiger partial charge in [0.2, 0.25) is 5.91 Å². The molecular formula is C12H20N2OS. The lowest BCUT2D eigenvalue weighted by Gasteiger charge is -2.25. The molecule has 90 valence electrons. The van der Waals surface area contributed by atoms with Gasteiger partial charge in [-0.3, -0.25) is 4.79 Å². The average Bonchev–Trinajstić information content (AvgIpc) is 2.67. The number of hydrogen-bond donors (Lipinski definition) is 2. The Balaban J connectivity index is 2.30. The summed E-state index contributed by atoms with van der Waals surface area (Å²) in [6, 6.07) is 3.64. The van der Waals surface area contributed by atoms with Crippen LogP contribution in [0.3, 0.4) is 0 Å². The molecule has 1 atom stereocenters. The van der Waals surface area contributed by atoms with Gasteiger partial charge in [-0.2, -0.15) is 0 Å². The topological polar surface area (TPSA) is 55.1 Å². The number of rotatable bonds is 4. The van der Waals surface area contributed by atoms with Gasteiger partial charge in [-0.1, -0.05) is 26.8 Å². The van der Waals surface area contributed by atoms with E-state index in [1.54, 1.807) is 11.3 Å². The van der Waals surface area contributed by atoms with Crippen molar-refractivity contribution in [2.24, 2.45) is 11.1 Å². The van der Waals surface area contributed by atoms with Crippen LogP contribution >= 0.6 is 11.3 Å². The molecule has 1 amide bonds. The Morgan fingerprint density at radius 1 is 1.56 bits per heavy atom. The molecule has 0 aliphatic heterocycles. The fourth-order valence-electron chi connectivity index (χ4n) is 1.27. The molecule has 16 heavy (non-hydrogen) atoms. The van der Waals surface area contributed by atoms with E-state index in [1.165, 1.54) is 4.88 Å². The minimum Gasteiger partial charge on any atom is -0.354 e. The molecule has 1 aromatic rings. The van der Waals surface area contributed by atoms with Crippen molar-refractivity contribution in [3.8, 4) is 0 Å². The number of carbonyl (C=O) groups excluding carboxylic acids is 1. The van der Waals surface area contributed by atoms with E-state index in [4.69, 9.17) is 5.73 Å². The normalized spacial score (nSPS) is 13.5. The van der Waals surface area contributed by atoms with E-state index in [2.05, 4.69) is 11.4 Å². The summed E-state index contributed by atoms with van der Waals surface area (Å²) in [5.41, 5.74) is 5.66. The molecule has 1 heterocycles. The molecule has 0 radical (unpaired) electrons. The predicted molar refractivity (Wildman–Crippen MR) is 68.5 cm³/mol. The minimum atomic E-state index is -0.448. The van der Waals surface area contributed by atoms with Crippen LogP contribution in [0.4, 0.5) is 0 Å². The van der Waals surface area contributed by atoms with E-state index in [9.17, 15) is 4.79 Å². The molecule has 0 aliphatic rings. The predicted octanol–water partition coefficient (Wildman–Crippen LogP) is 1.78. The van der Waals surface area contributed by atoms with Gasteiger partial charge in [0.05, 0.1) is 6.04 Å². The Labute approximate surface area is 101 Å². The van der Waals surface area contributed by atoms with Gasteiger partial charge in [0.15, 0.2) is 0 Å². The van der Waals surface area contributed by atoms with Crippen molar-refractivity contribution < 1.29 is 4.79 Å². The van der Waals surface area contributed by atoms with Crippen LogP contribution in [0, 0.1) is 5.41 Å². The Morgan fingerprint density at radius 2 is 2.25 bits per heavy atom. The van der Waals surface area contributed by atoms with E-state index < -0.39 is 6.04 Å². The van der Waals surface area contributed by atoms with Gasteiger partial charge in [-0.05, 0) is 23.3 Å². The monoisotopic (exact) mass is 240 g/mol. The minimum absolute atomic E-state index is 0.0657. The number of thiophene rings is 1. The maximum absolute atomic E-state index is 11.7. The molecule has 0 saturated carbocycles. The molecule has 1 unspecified atom stereocenters. The molecule has 3 nitrogen and oxygen atoms in total. The largest absolute Gasteiger partial charge is 0.354 e. The summed E-state index contributed by atoms with van der Waals surface area (Å²) < 4.78 is 0. The van der Waals surface area contributed by atoms with E-state index in [-0.39, 0.29) is 11.3 Å². The van der Waals surface area contributed by atoms with Crippen molar-refractivity contribution in [1.29, 1.82) is 0 Å². The molecule has 0 aliphatic carbocycles. The molecule has 3 N–H and O–H groups in total. The summed E-state index contributed by atoms with van der Waals surface area (Å²) in [6.07, 6.45) is 0.875. The van der Waals surface area contributed by atoms with Crippen LogP contribution in [-0.4, -0.2) is 18.5 Å². The lowest BCUT2D eigenvalue weighted by Crippen LogP contribution is -2.48. The van der Waals surface area contributed by atoms with E-state index in [0.29, 0.717) is 6.54 Å². The van der Waals surface area contributed by atoms with E-state index >= 15 is 0 Å². The van der Waals surface area contributed by atoms with Gasteiger partial charge in [0, 0.05) is 11.4 Å².